The Morgan fingerprint density at radius 2 is 2.09 bits per heavy atom. The summed E-state index contributed by atoms with van der Waals surface area (Å²) in [5.41, 5.74) is 7.43. The van der Waals surface area contributed by atoms with Gasteiger partial charge in [-0.1, -0.05) is 29.3 Å². The first kappa shape index (κ1) is 14.5. The molecule has 22 heavy (non-hydrogen) atoms. The van der Waals surface area contributed by atoms with Crippen molar-refractivity contribution in [3.05, 3.63) is 45.9 Å². The molecular weight excluding hydrogens is 327 g/mol. The Hall–Kier alpha value is -2.44. The predicted molar refractivity (Wildman–Crippen MR) is 87.2 cm³/mol. The lowest BCUT2D eigenvalue weighted by molar-refractivity contribution is 0.0699. The zero-order chi connectivity index (χ0) is 15.9. The van der Waals surface area contributed by atoms with E-state index in [1.807, 2.05) is 0 Å². The van der Waals surface area contributed by atoms with Crippen LogP contribution in [0.3, 0.4) is 0 Å². The molecule has 2 aromatic carbocycles. The Morgan fingerprint density at radius 1 is 1.32 bits per heavy atom. The molecule has 1 heterocycles. The van der Waals surface area contributed by atoms with Crippen LogP contribution in [0.15, 0.2) is 30.3 Å². The molecule has 0 aliphatic carbocycles. The molecule has 8 heteroatoms. The van der Waals surface area contributed by atoms with Crippen LogP contribution in [0.25, 0.3) is 11.0 Å². The minimum atomic E-state index is -1.10. The van der Waals surface area contributed by atoms with E-state index >= 15 is 0 Å². The number of fused-ring (bicyclic) bond motifs is 1. The lowest BCUT2D eigenvalue weighted by Crippen LogP contribution is -1.99. The van der Waals surface area contributed by atoms with Gasteiger partial charge in [0.25, 0.3) is 0 Å². The SMILES string of the molecule is Nc1cc(C(=O)O)c2nc(Nc3cccc(Cl)c3Cl)[nH]c2c1. The number of aromatic carboxylic acids is 1. The number of nitrogens with one attached hydrogen (secondary N) is 2. The number of aromatic nitrogens is 2. The van der Waals surface area contributed by atoms with E-state index in [9.17, 15) is 9.90 Å². The Morgan fingerprint density at radius 3 is 2.82 bits per heavy atom. The van der Waals surface area contributed by atoms with Crippen molar-refractivity contribution in [2.24, 2.45) is 0 Å². The highest BCUT2D eigenvalue weighted by Crippen LogP contribution is 2.32. The van der Waals surface area contributed by atoms with Gasteiger partial charge < -0.3 is 21.1 Å². The highest BCUT2D eigenvalue weighted by atomic mass is 35.5. The number of hydrogen-bond donors (Lipinski definition) is 4. The van der Waals surface area contributed by atoms with Crippen molar-refractivity contribution in [1.29, 1.82) is 0 Å². The standard InChI is InChI=1S/C14H10Cl2N4O2/c15-8-2-1-3-9(11(8)16)18-14-19-10-5-6(17)4-7(13(21)22)12(10)20-14/h1-5H,17H2,(H,21,22)(H2,18,19,20). The number of anilines is 3. The molecule has 6 nitrogen and oxygen atoms in total. The Kier molecular flexibility index (Phi) is 3.56. The van der Waals surface area contributed by atoms with Gasteiger partial charge in [-0.3, -0.25) is 0 Å². The van der Waals surface area contributed by atoms with E-state index in [0.717, 1.165) is 0 Å². The lowest BCUT2D eigenvalue weighted by atomic mass is 10.1. The monoisotopic (exact) mass is 336 g/mol. The molecule has 0 saturated heterocycles. The zero-order valence-electron chi connectivity index (χ0n) is 11.0. The van der Waals surface area contributed by atoms with Crippen molar-refractivity contribution in [3.63, 3.8) is 0 Å². The number of benzene rings is 2. The van der Waals surface area contributed by atoms with Crippen LogP contribution in [0, 0.1) is 0 Å². The van der Waals surface area contributed by atoms with Crippen molar-refractivity contribution in [3.8, 4) is 0 Å². The number of carboxylic acids is 1. The minimum absolute atomic E-state index is 0.0245. The van der Waals surface area contributed by atoms with Gasteiger partial charge in [0.1, 0.15) is 5.52 Å². The maximum Gasteiger partial charge on any atom is 0.338 e. The molecule has 112 valence electrons. The van der Waals surface area contributed by atoms with Gasteiger partial charge in [0.2, 0.25) is 5.95 Å². The van der Waals surface area contributed by atoms with Gasteiger partial charge in [-0.15, -0.1) is 0 Å². The molecule has 0 bridgehead atoms. The van der Waals surface area contributed by atoms with E-state index in [4.69, 9.17) is 28.9 Å². The Labute approximate surface area is 134 Å². The maximum absolute atomic E-state index is 11.3. The highest BCUT2D eigenvalue weighted by molar-refractivity contribution is 6.43. The first-order valence-corrected chi connectivity index (χ1v) is 6.95. The van der Waals surface area contributed by atoms with Crippen LogP contribution in [0.2, 0.25) is 10.0 Å². The average molecular weight is 337 g/mol. The highest BCUT2D eigenvalue weighted by Gasteiger charge is 2.15. The summed E-state index contributed by atoms with van der Waals surface area (Å²) in [7, 11) is 0. The second kappa shape index (κ2) is 5.40. The number of imidazole rings is 1. The molecule has 1 aromatic heterocycles. The third kappa shape index (κ3) is 2.54. The van der Waals surface area contributed by atoms with Gasteiger partial charge in [-0.25, -0.2) is 9.78 Å². The summed E-state index contributed by atoms with van der Waals surface area (Å²) in [5.74, 6) is -0.761. The molecule has 0 unspecified atom stereocenters. The molecular formula is C14H10Cl2N4O2. The van der Waals surface area contributed by atoms with Gasteiger partial charge in [0.05, 0.1) is 26.8 Å². The first-order valence-electron chi connectivity index (χ1n) is 6.19. The number of H-pyrrole nitrogens is 1. The summed E-state index contributed by atoms with van der Waals surface area (Å²) in [4.78, 5) is 18.5. The summed E-state index contributed by atoms with van der Waals surface area (Å²) < 4.78 is 0. The third-order valence-corrected chi connectivity index (χ3v) is 3.86. The fraction of sp³-hybridized carbons (Fsp3) is 0. The summed E-state index contributed by atoms with van der Waals surface area (Å²) in [6, 6.07) is 8.10. The van der Waals surface area contributed by atoms with Gasteiger partial charge >= 0.3 is 5.97 Å². The molecule has 0 aliphatic rings. The molecule has 3 rings (SSSR count). The van der Waals surface area contributed by atoms with E-state index in [1.54, 1.807) is 24.3 Å². The van der Waals surface area contributed by atoms with E-state index in [0.29, 0.717) is 38.4 Å². The molecule has 5 N–H and O–H groups in total. The number of hydrogen-bond acceptors (Lipinski definition) is 4. The lowest BCUT2D eigenvalue weighted by Gasteiger charge is -2.05. The van der Waals surface area contributed by atoms with E-state index < -0.39 is 5.97 Å². The van der Waals surface area contributed by atoms with Crippen LogP contribution in [-0.2, 0) is 0 Å². The number of carbonyl (C=O) groups is 1. The summed E-state index contributed by atoms with van der Waals surface area (Å²) in [5, 5.41) is 12.9. The maximum atomic E-state index is 11.3. The van der Waals surface area contributed by atoms with Crippen molar-refractivity contribution in [2.45, 2.75) is 0 Å². The van der Waals surface area contributed by atoms with Crippen molar-refractivity contribution in [2.75, 3.05) is 11.1 Å². The molecule has 0 atom stereocenters. The number of halogens is 2. The second-order valence-corrected chi connectivity index (χ2v) is 5.37. The molecule has 0 spiro atoms. The topological polar surface area (TPSA) is 104 Å². The number of nitrogen functional groups attached to an aromatic ring is 1. The predicted octanol–water partition coefficient (Wildman–Crippen LogP) is 3.89. The minimum Gasteiger partial charge on any atom is -0.478 e. The molecule has 0 saturated carbocycles. The van der Waals surface area contributed by atoms with Crippen molar-refractivity contribution < 1.29 is 9.90 Å². The number of aromatic amines is 1. The van der Waals surface area contributed by atoms with Gasteiger partial charge in [0.15, 0.2) is 0 Å². The number of nitrogens with two attached hydrogens (primary N) is 1. The van der Waals surface area contributed by atoms with E-state index in [1.165, 1.54) is 6.07 Å². The van der Waals surface area contributed by atoms with Crippen LogP contribution < -0.4 is 11.1 Å². The van der Waals surface area contributed by atoms with Crippen LogP contribution in [0.5, 0.6) is 0 Å². The molecule has 0 amide bonds. The fourth-order valence-corrected chi connectivity index (χ4v) is 2.44. The molecule has 3 aromatic rings. The van der Waals surface area contributed by atoms with E-state index in [2.05, 4.69) is 15.3 Å². The summed E-state index contributed by atoms with van der Waals surface area (Å²) in [6.45, 7) is 0. The van der Waals surface area contributed by atoms with Crippen LogP contribution in [0.4, 0.5) is 17.3 Å². The summed E-state index contributed by atoms with van der Waals surface area (Å²) >= 11 is 12.0. The van der Waals surface area contributed by atoms with Crippen molar-refractivity contribution >= 4 is 57.5 Å². The van der Waals surface area contributed by atoms with Crippen molar-refractivity contribution in [1.82, 2.24) is 9.97 Å². The largest absolute Gasteiger partial charge is 0.478 e. The second-order valence-electron chi connectivity index (χ2n) is 4.58. The number of rotatable bonds is 3. The Balaban J connectivity index is 2.07. The number of nitrogens with zero attached hydrogens (tertiary/aromatic N) is 1. The van der Waals surface area contributed by atoms with Gasteiger partial charge in [-0.05, 0) is 24.3 Å². The van der Waals surface area contributed by atoms with Crippen LogP contribution in [-0.4, -0.2) is 21.0 Å². The Bertz CT molecular complexity index is 892. The smallest absolute Gasteiger partial charge is 0.338 e. The molecule has 0 fully saturated rings. The average Bonchev–Trinajstić information content (AvgIpc) is 2.85. The van der Waals surface area contributed by atoms with Gasteiger partial charge in [0, 0.05) is 5.69 Å². The normalized spacial score (nSPS) is 10.8. The van der Waals surface area contributed by atoms with Crippen LogP contribution >= 0.6 is 23.2 Å². The molecule has 0 aliphatic heterocycles. The van der Waals surface area contributed by atoms with Crippen LogP contribution in [0.1, 0.15) is 10.4 Å². The molecule has 0 radical (unpaired) electrons. The van der Waals surface area contributed by atoms with Gasteiger partial charge in [-0.2, -0.15) is 0 Å². The summed E-state index contributed by atoms with van der Waals surface area (Å²) in [6.07, 6.45) is 0. The van der Waals surface area contributed by atoms with E-state index in [-0.39, 0.29) is 5.56 Å². The number of carboxylic acid groups (broad SMARTS) is 1. The third-order valence-electron chi connectivity index (χ3n) is 3.04. The quantitative estimate of drug-likeness (QED) is 0.543. The zero-order valence-corrected chi connectivity index (χ0v) is 12.5. The fourth-order valence-electron chi connectivity index (χ4n) is 2.09. The first-order chi connectivity index (χ1) is 10.5.